The molecule has 0 N–H and O–H groups in total. The molecule has 0 aliphatic heterocycles. The van der Waals surface area contributed by atoms with Crippen LogP contribution in [0.25, 0.3) is 0 Å². The lowest BCUT2D eigenvalue weighted by Crippen LogP contribution is -2.03. The molecule has 78 valence electrons. The van der Waals surface area contributed by atoms with Crippen LogP contribution in [-0.4, -0.2) is 0 Å². The van der Waals surface area contributed by atoms with Crippen LogP contribution in [0.4, 0.5) is 0 Å². The second-order valence-electron chi connectivity index (χ2n) is 4.24. The van der Waals surface area contributed by atoms with Crippen LogP contribution in [0, 0.1) is 11.8 Å². The van der Waals surface area contributed by atoms with Crippen molar-refractivity contribution in [2.45, 2.75) is 59.8 Å². The van der Waals surface area contributed by atoms with Gasteiger partial charge in [0.15, 0.2) is 0 Å². The van der Waals surface area contributed by atoms with Crippen molar-refractivity contribution in [1.82, 2.24) is 0 Å². The molecule has 0 saturated carbocycles. The average Bonchev–Trinajstić information content (AvgIpc) is 2.10. The Hall–Kier alpha value is -0.260. The third-order valence-corrected chi connectivity index (χ3v) is 2.69. The van der Waals surface area contributed by atoms with Crippen LogP contribution in [0.1, 0.15) is 59.8 Å². The maximum absolute atomic E-state index is 2.42. The molecule has 0 aromatic heterocycles. The minimum atomic E-state index is 0.793. The predicted molar refractivity (Wildman–Crippen MR) is 61.9 cm³/mol. The molecule has 0 bridgehead atoms. The minimum Gasteiger partial charge on any atom is -0.0883 e. The van der Waals surface area contributed by atoms with E-state index in [2.05, 4.69) is 39.8 Å². The third kappa shape index (κ3) is 6.86. The molecular weight excluding hydrogens is 156 g/mol. The van der Waals surface area contributed by atoms with Gasteiger partial charge in [-0.3, -0.25) is 0 Å². The quantitative estimate of drug-likeness (QED) is 0.392. The highest BCUT2D eigenvalue weighted by atomic mass is 14.1. The summed E-state index contributed by atoms with van der Waals surface area (Å²) < 4.78 is 0. The summed E-state index contributed by atoms with van der Waals surface area (Å²) in [5, 5.41) is 0. The van der Waals surface area contributed by atoms with Crippen molar-refractivity contribution in [3.8, 4) is 0 Å². The molecule has 0 amide bonds. The lowest BCUT2D eigenvalue weighted by atomic mass is 9.92. The lowest BCUT2D eigenvalue weighted by Gasteiger charge is -2.13. The summed E-state index contributed by atoms with van der Waals surface area (Å²) in [6, 6.07) is 0. The van der Waals surface area contributed by atoms with Crippen molar-refractivity contribution < 1.29 is 0 Å². The second kappa shape index (κ2) is 8.34. The summed E-state index contributed by atoms with van der Waals surface area (Å²) in [5.74, 6) is 1.59. The monoisotopic (exact) mass is 182 g/mol. The predicted octanol–water partition coefficient (Wildman–Crippen LogP) is 4.81. The summed E-state index contributed by atoms with van der Waals surface area (Å²) in [4.78, 5) is 0. The summed E-state index contributed by atoms with van der Waals surface area (Å²) in [6.45, 7) is 9.16. The van der Waals surface area contributed by atoms with E-state index in [9.17, 15) is 0 Å². The molecule has 13 heavy (non-hydrogen) atoms. The van der Waals surface area contributed by atoms with E-state index in [1.54, 1.807) is 0 Å². The number of allylic oxidation sites excluding steroid dienone is 2. The number of rotatable bonds is 7. The fourth-order valence-corrected chi connectivity index (χ4v) is 1.61. The number of hydrogen-bond acceptors (Lipinski definition) is 0. The van der Waals surface area contributed by atoms with Crippen molar-refractivity contribution in [3.05, 3.63) is 12.2 Å². The Labute approximate surface area is 84.4 Å². The third-order valence-electron chi connectivity index (χ3n) is 2.69. The van der Waals surface area contributed by atoms with E-state index >= 15 is 0 Å². The van der Waals surface area contributed by atoms with Crippen LogP contribution < -0.4 is 0 Å². The Bertz CT molecular complexity index is 122. The molecule has 0 saturated heterocycles. The van der Waals surface area contributed by atoms with Crippen molar-refractivity contribution >= 4 is 0 Å². The first-order valence-electron chi connectivity index (χ1n) is 5.89. The lowest BCUT2D eigenvalue weighted by molar-refractivity contribution is 0.452. The fourth-order valence-electron chi connectivity index (χ4n) is 1.61. The van der Waals surface area contributed by atoms with Gasteiger partial charge in [0, 0.05) is 0 Å². The van der Waals surface area contributed by atoms with Crippen LogP contribution in [0.5, 0.6) is 0 Å². The molecular formula is C13H26. The van der Waals surface area contributed by atoms with Gasteiger partial charge >= 0.3 is 0 Å². The molecule has 1 unspecified atom stereocenters. The first-order valence-corrected chi connectivity index (χ1v) is 5.89. The van der Waals surface area contributed by atoms with Crippen LogP contribution in [0.3, 0.4) is 0 Å². The zero-order chi connectivity index (χ0) is 10.1. The minimum absolute atomic E-state index is 0.793. The SMILES string of the molecule is CCCCCC=CC(CC)C(C)C. The van der Waals surface area contributed by atoms with Crippen LogP contribution in [0.15, 0.2) is 12.2 Å². The first-order chi connectivity index (χ1) is 6.22. The van der Waals surface area contributed by atoms with E-state index in [-0.39, 0.29) is 0 Å². The number of hydrogen-bond donors (Lipinski definition) is 0. The van der Waals surface area contributed by atoms with Gasteiger partial charge in [-0.2, -0.15) is 0 Å². The normalized spacial score (nSPS) is 14.2. The Morgan fingerprint density at radius 3 is 2.23 bits per heavy atom. The smallest absolute Gasteiger partial charge is 0.0213 e. The summed E-state index contributed by atoms with van der Waals surface area (Å²) in [7, 11) is 0. The molecule has 0 aliphatic carbocycles. The highest BCUT2D eigenvalue weighted by Crippen LogP contribution is 2.16. The molecule has 0 radical (unpaired) electrons. The molecule has 0 aromatic carbocycles. The van der Waals surface area contributed by atoms with E-state index < -0.39 is 0 Å². The van der Waals surface area contributed by atoms with Crippen molar-refractivity contribution in [2.24, 2.45) is 11.8 Å². The van der Waals surface area contributed by atoms with Gasteiger partial charge in [-0.15, -0.1) is 0 Å². The molecule has 1 atom stereocenters. The Balaban J connectivity index is 3.55. The van der Waals surface area contributed by atoms with E-state index in [1.807, 2.05) is 0 Å². The second-order valence-corrected chi connectivity index (χ2v) is 4.24. The number of unbranched alkanes of at least 4 members (excludes halogenated alkanes) is 3. The molecule has 0 spiro atoms. The molecule has 0 aromatic rings. The van der Waals surface area contributed by atoms with E-state index in [0.717, 1.165) is 11.8 Å². The Kier molecular flexibility index (Phi) is 8.18. The maximum atomic E-state index is 2.42. The van der Waals surface area contributed by atoms with Gasteiger partial charge in [-0.05, 0) is 31.1 Å². The Morgan fingerprint density at radius 2 is 1.77 bits per heavy atom. The fraction of sp³-hybridized carbons (Fsp3) is 0.846. The van der Waals surface area contributed by atoms with E-state index in [0.29, 0.717) is 0 Å². The average molecular weight is 182 g/mol. The van der Waals surface area contributed by atoms with Gasteiger partial charge in [-0.1, -0.05) is 52.7 Å². The van der Waals surface area contributed by atoms with Crippen LogP contribution in [0.2, 0.25) is 0 Å². The summed E-state index contributed by atoms with van der Waals surface area (Å²) in [5.41, 5.74) is 0. The molecule has 0 fully saturated rings. The van der Waals surface area contributed by atoms with Gasteiger partial charge in [0.05, 0.1) is 0 Å². The van der Waals surface area contributed by atoms with Crippen molar-refractivity contribution in [1.29, 1.82) is 0 Å². The standard InChI is InChI=1S/C13H26/c1-5-7-8-9-10-11-13(6-2)12(3)4/h10-13H,5-9H2,1-4H3. The largest absolute Gasteiger partial charge is 0.0883 e. The molecule has 0 aliphatic rings. The van der Waals surface area contributed by atoms with Crippen LogP contribution in [-0.2, 0) is 0 Å². The zero-order valence-electron chi connectivity index (χ0n) is 9.84. The molecule has 0 heterocycles. The van der Waals surface area contributed by atoms with Crippen molar-refractivity contribution in [3.63, 3.8) is 0 Å². The zero-order valence-corrected chi connectivity index (χ0v) is 9.84. The van der Waals surface area contributed by atoms with Gasteiger partial charge in [-0.25, -0.2) is 0 Å². The van der Waals surface area contributed by atoms with Gasteiger partial charge in [0.2, 0.25) is 0 Å². The summed E-state index contributed by atoms with van der Waals surface area (Å²) >= 11 is 0. The maximum Gasteiger partial charge on any atom is -0.0213 e. The summed E-state index contributed by atoms with van der Waals surface area (Å²) in [6.07, 6.45) is 11.4. The van der Waals surface area contributed by atoms with Gasteiger partial charge in [0.1, 0.15) is 0 Å². The molecule has 0 rings (SSSR count). The van der Waals surface area contributed by atoms with E-state index in [1.165, 1.54) is 32.1 Å². The first kappa shape index (κ1) is 12.7. The van der Waals surface area contributed by atoms with Crippen LogP contribution >= 0.6 is 0 Å². The highest BCUT2D eigenvalue weighted by molar-refractivity contribution is 4.89. The molecule has 0 heteroatoms. The van der Waals surface area contributed by atoms with E-state index in [4.69, 9.17) is 0 Å². The van der Waals surface area contributed by atoms with Gasteiger partial charge in [0.25, 0.3) is 0 Å². The highest BCUT2D eigenvalue weighted by Gasteiger charge is 2.05. The topological polar surface area (TPSA) is 0 Å². The van der Waals surface area contributed by atoms with Gasteiger partial charge < -0.3 is 0 Å². The van der Waals surface area contributed by atoms with Crippen molar-refractivity contribution in [2.75, 3.05) is 0 Å². The Morgan fingerprint density at radius 1 is 1.08 bits per heavy atom. The molecule has 0 nitrogen and oxygen atoms in total.